The topological polar surface area (TPSA) is 124 Å². The molecule has 98 valence electrons. The van der Waals surface area contributed by atoms with E-state index < -0.39 is 20.1 Å². The van der Waals surface area contributed by atoms with Crippen LogP contribution in [0.5, 0.6) is 0 Å². The molecule has 1 amide bonds. The molecule has 1 aromatic carbocycles. The number of amides is 1. The van der Waals surface area contributed by atoms with Gasteiger partial charge in [0.1, 0.15) is 0 Å². The molecule has 0 spiro atoms. The predicted molar refractivity (Wildman–Crippen MR) is 64.0 cm³/mol. The second kappa shape index (κ2) is 5.00. The quantitative estimate of drug-likeness (QED) is 0.622. The molecule has 0 atom stereocenters. The molecule has 0 radical (unpaired) electrons. The number of hydrogen-bond donors (Lipinski definition) is 2. The van der Waals surface area contributed by atoms with Crippen LogP contribution in [0.25, 0.3) is 0 Å². The van der Waals surface area contributed by atoms with Crippen molar-refractivity contribution in [3.8, 4) is 0 Å². The van der Waals surface area contributed by atoms with E-state index in [9.17, 15) is 8.53 Å². The Bertz CT molecular complexity index is 657. The number of azo groups is 2. The van der Waals surface area contributed by atoms with Gasteiger partial charge < -0.3 is 0 Å². The van der Waals surface area contributed by atoms with E-state index in [0.717, 1.165) is 0 Å². The van der Waals surface area contributed by atoms with Crippen molar-refractivity contribution in [3.63, 3.8) is 0 Å². The van der Waals surface area contributed by atoms with Crippen molar-refractivity contribution in [1.29, 1.82) is 0 Å². The van der Waals surface area contributed by atoms with Crippen LogP contribution in [0, 0.1) is 0 Å². The summed E-state index contributed by atoms with van der Waals surface area (Å²) in [5, 5.41) is 14.4. The number of rotatable bonds is 3. The Labute approximate surface area is 110 Å². The average molecular weight is 324 g/mol. The molecule has 0 saturated carbocycles. The summed E-state index contributed by atoms with van der Waals surface area (Å²) in [6, 6.07) is 5.37. The minimum atomic E-state index is -4.87. The third-order valence-electron chi connectivity index (χ3n) is 2.29. The number of carbonyl (C=O) groups is 1. The van der Waals surface area contributed by atoms with Gasteiger partial charge in [0, 0.05) is 0 Å². The van der Waals surface area contributed by atoms with Crippen molar-refractivity contribution in [2.75, 3.05) is 0 Å². The van der Waals surface area contributed by atoms with Crippen LogP contribution in [0.2, 0.25) is 0 Å². The van der Waals surface area contributed by atoms with E-state index in [0.29, 0.717) is 11.4 Å². The van der Waals surface area contributed by atoms with Crippen LogP contribution in [-0.2, 0) is 8.53 Å². The van der Waals surface area contributed by atoms with E-state index in [4.69, 9.17) is 8.19 Å². The van der Waals surface area contributed by atoms with Crippen LogP contribution in [0.15, 0.2) is 56.1 Å². The van der Waals surface area contributed by atoms with E-state index in [-0.39, 0.29) is 10.0 Å². The Kier molecular flexibility index (Phi) is 3.57. The molecule has 8 nitrogen and oxygen atoms in total. The summed E-state index contributed by atoms with van der Waals surface area (Å²) < 4.78 is 29.0. The Balaban J connectivity index is 2.19. The maximum atomic E-state index is 11.2. The number of benzene rings is 1. The number of carbonyl (C=O) groups excluding carboxylic acids is 1. The second-order valence-corrected chi connectivity index (χ2v) is 7.07. The van der Waals surface area contributed by atoms with Crippen molar-refractivity contribution in [2.45, 2.75) is 6.92 Å². The van der Waals surface area contributed by atoms with Gasteiger partial charge in [-0.3, -0.25) is 0 Å². The van der Waals surface area contributed by atoms with Gasteiger partial charge in [-0.2, -0.15) is 0 Å². The van der Waals surface area contributed by atoms with E-state index in [1.807, 2.05) is 0 Å². The van der Waals surface area contributed by atoms with E-state index in [1.54, 1.807) is 6.92 Å². The average Bonchev–Trinajstić information content (AvgIpc) is 2.66. The van der Waals surface area contributed by atoms with E-state index in [2.05, 4.69) is 20.5 Å². The maximum absolute atomic E-state index is 11.2. The molecule has 19 heavy (non-hydrogen) atoms. The zero-order chi connectivity index (χ0) is 14.0. The Morgan fingerprint density at radius 1 is 1.11 bits per heavy atom. The summed E-state index contributed by atoms with van der Waals surface area (Å²) in [6.45, 7) is 1.59. The first-order valence-corrected chi connectivity index (χ1v) is 8.51. The van der Waals surface area contributed by atoms with Crippen LogP contribution in [0.4, 0.5) is 5.69 Å². The molecule has 1 aliphatic heterocycles. The third-order valence-corrected chi connectivity index (χ3v) is 4.32. The predicted octanol–water partition coefficient (Wildman–Crippen LogP) is 0.555. The molecule has 0 aliphatic carbocycles. The molecule has 9 heteroatoms. The fourth-order valence-electron chi connectivity index (χ4n) is 1.31. The molecule has 0 unspecified atom stereocenters. The molecule has 2 rings (SSSR count). The molecule has 0 fully saturated rings. The molecule has 0 bridgehead atoms. The standard InChI is InChI=1S/C10H9AsN4O4/c1-6-9(10(16)15-12-6)14-13-8-4-2-7(3-5-8)11(17,18)19/h2-5H,1H3,(H2,17,18,19). The van der Waals surface area contributed by atoms with E-state index in [1.165, 1.54) is 24.3 Å². The minimum absolute atomic E-state index is 0.0468. The number of allylic oxidation sites excluding steroid dienone is 1. The monoisotopic (exact) mass is 324 g/mol. The summed E-state index contributed by atoms with van der Waals surface area (Å²) in [6.07, 6.45) is 0. The fraction of sp³-hybridized carbons (Fsp3) is 0.100. The normalized spacial score (nSPS) is 15.8. The van der Waals surface area contributed by atoms with Gasteiger partial charge >= 0.3 is 110 Å². The van der Waals surface area contributed by atoms with E-state index >= 15 is 0 Å². The Hall–Kier alpha value is -1.89. The van der Waals surface area contributed by atoms with Crippen molar-refractivity contribution in [3.05, 3.63) is 35.7 Å². The van der Waals surface area contributed by atoms with Crippen LogP contribution < -0.4 is 4.35 Å². The SMILES string of the molecule is CC1=C(N=Nc2ccc([As](=O)(O)O)cc2)C(=O)N=N1. The van der Waals surface area contributed by atoms with Gasteiger partial charge in [-0.25, -0.2) is 0 Å². The summed E-state index contributed by atoms with van der Waals surface area (Å²) in [5.74, 6) is -0.559. The van der Waals surface area contributed by atoms with Gasteiger partial charge in [0.15, 0.2) is 0 Å². The summed E-state index contributed by atoms with van der Waals surface area (Å²) in [5.41, 5.74) is 0.805. The summed E-state index contributed by atoms with van der Waals surface area (Å²) in [7, 11) is 0. The van der Waals surface area contributed by atoms with Crippen LogP contribution >= 0.6 is 0 Å². The van der Waals surface area contributed by atoms with Crippen LogP contribution in [0.1, 0.15) is 6.92 Å². The third kappa shape index (κ3) is 3.11. The van der Waals surface area contributed by atoms with Crippen molar-refractivity contribution in [1.82, 2.24) is 0 Å². The van der Waals surface area contributed by atoms with Gasteiger partial charge in [-0.1, -0.05) is 0 Å². The number of hydrogen-bond acceptors (Lipinski definition) is 5. The Morgan fingerprint density at radius 3 is 2.21 bits per heavy atom. The fourth-order valence-corrected chi connectivity index (χ4v) is 2.43. The number of nitrogens with zero attached hydrogens (tertiary/aromatic N) is 4. The zero-order valence-electron chi connectivity index (χ0n) is 9.76. The molecule has 0 aromatic heterocycles. The van der Waals surface area contributed by atoms with Crippen molar-refractivity contribution in [2.24, 2.45) is 20.5 Å². The first-order valence-electron chi connectivity index (χ1n) is 5.13. The van der Waals surface area contributed by atoms with Crippen LogP contribution in [0.3, 0.4) is 0 Å². The molecule has 0 saturated heterocycles. The van der Waals surface area contributed by atoms with Gasteiger partial charge in [0.05, 0.1) is 0 Å². The molecule has 1 aromatic rings. The molecular formula is C10H9AsN4O4. The molecule has 1 aliphatic rings. The summed E-state index contributed by atoms with van der Waals surface area (Å²) in [4.78, 5) is 11.2. The van der Waals surface area contributed by atoms with Gasteiger partial charge in [-0.05, 0) is 0 Å². The van der Waals surface area contributed by atoms with Crippen LogP contribution in [-0.4, -0.2) is 28.3 Å². The first kappa shape index (κ1) is 13.5. The second-order valence-electron chi connectivity index (χ2n) is 3.70. The van der Waals surface area contributed by atoms with Gasteiger partial charge in [0.2, 0.25) is 0 Å². The van der Waals surface area contributed by atoms with Gasteiger partial charge in [0.25, 0.3) is 0 Å². The molecular weight excluding hydrogens is 315 g/mol. The summed E-state index contributed by atoms with van der Waals surface area (Å²) >= 11 is -4.87. The first-order chi connectivity index (χ1) is 8.88. The van der Waals surface area contributed by atoms with Crippen molar-refractivity contribution < 1.29 is 16.7 Å². The van der Waals surface area contributed by atoms with Crippen molar-refractivity contribution >= 4 is 30.1 Å². The Morgan fingerprint density at radius 2 is 1.74 bits per heavy atom. The molecule has 1 heterocycles. The van der Waals surface area contributed by atoms with Gasteiger partial charge in [-0.15, -0.1) is 0 Å². The zero-order valence-corrected chi connectivity index (χ0v) is 11.6. The molecule has 2 N–H and O–H groups in total.